The van der Waals surface area contributed by atoms with Crippen LogP contribution in [0.3, 0.4) is 0 Å². The van der Waals surface area contributed by atoms with Gasteiger partial charge in [-0.1, -0.05) is 18.2 Å². The highest BCUT2D eigenvalue weighted by Crippen LogP contribution is 2.32. The third kappa shape index (κ3) is 6.04. The minimum atomic E-state index is -0.778. The molecule has 0 aliphatic heterocycles. The molecule has 1 aromatic carbocycles. The van der Waals surface area contributed by atoms with Gasteiger partial charge in [-0.15, -0.1) is 0 Å². The molecular weight excluding hydrogens is 409 g/mol. The van der Waals surface area contributed by atoms with Crippen LogP contribution >= 0.6 is 0 Å². The number of carbonyl (C=O) groups is 1. The molecular formula is C23H26FN7O. The van der Waals surface area contributed by atoms with Crippen LogP contribution in [-0.4, -0.2) is 28.3 Å². The highest BCUT2D eigenvalue weighted by Gasteiger charge is 2.34. The summed E-state index contributed by atoms with van der Waals surface area (Å²) in [7, 11) is 0. The van der Waals surface area contributed by atoms with E-state index in [2.05, 4.69) is 26.7 Å². The lowest BCUT2D eigenvalue weighted by atomic mass is 9.77. The molecule has 0 radical (unpaired) electrons. The maximum absolute atomic E-state index is 13.3. The fourth-order valence-corrected chi connectivity index (χ4v) is 3.77. The van der Waals surface area contributed by atoms with Crippen molar-refractivity contribution in [2.45, 2.75) is 43.7 Å². The summed E-state index contributed by atoms with van der Waals surface area (Å²) in [5.41, 5.74) is 12.2. The van der Waals surface area contributed by atoms with Gasteiger partial charge in [-0.3, -0.25) is 4.79 Å². The van der Waals surface area contributed by atoms with Crippen LogP contribution in [0.4, 0.5) is 15.8 Å². The molecule has 1 aliphatic carbocycles. The lowest BCUT2D eigenvalue weighted by Gasteiger charge is -2.40. The summed E-state index contributed by atoms with van der Waals surface area (Å²) in [5, 5.41) is 16.1. The van der Waals surface area contributed by atoms with Crippen molar-refractivity contribution in [2.24, 2.45) is 16.5 Å². The quantitative estimate of drug-likeness (QED) is 0.217. The smallest absolute Gasteiger partial charge is 0.253 e. The number of nitrogens with two attached hydrogens (primary N) is 2. The van der Waals surface area contributed by atoms with Crippen molar-refractivity contribution < 1.29 is 9.18 Å². The number of hydrogen-bond acceptors (Lipinski definition) is 6. The number of nitriles is 1. The molecule has 0 unspecified atom stereocenters. The van der Waals surface area contributed by atoms with E-state index in [1.54, 1.807) is 0 Å². The number of halogens is 1. The fraction of sp³-hybridized carbons (Fsp3) is 0.304. The van der Waals surface area contributed by atoms with Gasteiger partial charge in [0.1, 0.15) is 5.84 Å². The fourth-order valence-electron chi connectivity index (χ4n) is 3.77. The SMILES string of the molecule is N#CCC1(N/C=C(/C(N)=O)C(N)=Nc2ccnc(F)c2)CCC(Nc2ccccc2)CC1. The molecule has 32 heavy (non-hydrogen) atoms. The van der Waals surface area contributed by atoms with E-state index in [0.29, 0.717) is 6.04 Å². The number of rotatable bonds is 8. The second-order valence-electron chi connectivity index (χ2n) is 7.80. The average Bonchev–Trinajstić information content (AvgIpc) is 2.76. The average molecular weight is 436 g/mol. The highest BCUT2D eigenvalue weighted by molar-refractivity contribution is 6.20. The number of para-hydroxylation sites is 1. The van der Waals surface area contributed by atoms with Crippen LogP contribution in [0.2, 0.25) is 0 Å². The van der Waals surface area contributed by atoms with Crippen molar-refractivity contribution in [3.05, 3.63) is 66.4 Å². The largest absolute Gasteiger partial charge is 0.384 e. The summed E-state index contributed by atoms with van der Waals surface area (Å²) in [5.74, 6) is -1.64. The van der Waals surface area contributed by atoms with E-state index in [9.17, 15) is 14.4 Å². The van der Waals surface area contributed by atoms with E-state index in [1.165, 1.54) is 18.5 Å². The molecule has 1 aliphatic rings. The number of aliphatic imine (C=N–C) groups is 1. The number of benzene rings is 1. The molecule has 1 amide bonds. The van der Waals surface area contributed by atoms with Crippen LogP contribution in [0.15, 0.2) is 65.4 Å². The summed E-state index contributed by atoms with van der Waals surface area (Å²) in [6, 6.07) is 15.1. The number of nitrogens with zero attached hydrogens (tertiary/aromatic N) is 3. The van der Waals surface area contributed by atoms with Gasteiger partial charge in [-0.25, -0.2) is 9.98 Å². The molecule has 3 rings (SSSR count). The van der Waals surface area contributed by atoms with Crippen molar-refractivity contribution in [3.63, 3.8) is 0 Å². The Labute approximate surface area is 186 Å². The third-order valence-electron chi connectivity index (χ3n) is 5.53. The van der Waals surface area contributed by atoms with Crippen LogP contribution in [0.1, 0.15) is 32.1 Å². The van der Waals surface area contributed by atoms with E-state index in [1.807, 2.05) is 30.3 Å². The zero-order valence-corrected chi connectivity index (χ0v) is 17.6. The zero-order valence-electron chi connectivity index (χ0n) is 17.6. The molecule has 1 heterocycles. The number of pyridine rings is 1. The molecule has 166 valence electrons. The first-order valence-corrected chi connectivity index (χ1v) is 10.3. The minimum Gasteiger partial charge on any atom is -0.384 e. The predicted molar refractivity (Wildman–Crippen MR) is 121 cm³/mol. The molecule has 1 aromatic heterocycles. The molecule has 1 saturated carbocycles. The monoisotopic (exact) mass is 435 g/mol. The first kappa shape index (κ1) is 22.7. The van der Waals surface area contributed by atoms with Gasteiger partial charge in [0.15, 0.2) is 0 Å². The maximum Gasteiger partial charge on any atom is 0.253 e. The molecule has 0 atom stereocenters. The number of nitrogens with one attached hydrogen (secondary N) is 2. The van der Waals surface area contributed by atoms with Crippen LogP contribution in [0.25, 0.3) is 0 Å². The lowest BCUT2D eigenvalue weighted by Crippen LogP contribution is -2.48. The number of aromatic nitrogens is 1. The van der Waals surface area contributed by atoms with Crippen LogP contribution in [-0.2, 0) is 4.79 Å². The Morgan fingerprint density at radius 3 is 2.62 bits per heavy atom. The number of amidine groups is 1. The van der Waals surface area contributed by atoms with Gasteiger partial charge >= 0.3 is 0 Å². The van der Waals surface area contributed by atoms with Crippen molar-refractivity contribution in [3.8, 4) is 6.07 Å². The summed E-state index contributed by atoms with van der Waals surface area (Å²) in [6.07, 6.45) is 6.07. The Bertz CT molecular complexity index is 1040. The number of carbonyl (C=O) groups excluding carboxylic acids is 1. The second kappa shape index (κ2) is 10.4. The van der Waals surface area contributed by atoms with E-state index in [0.717, 1.165) is 37.4 Å². The second-order valence-corrected chi connectivity index (χ2v) is 7.80. The molecule has 0 saturated heterocycles. The van der Waals surface area contributed by atoms with Gasteiger partial charge in [0.25, 0.3) is 5.91 Å². The molecule has 6 N–H and O–H groups in total. The Morgan fingerprint density at radius 2 is 2.00 bits per heavy atom. The standard InChI is InChI=1S/C23H26FN7O/c24-20-14-18(8-13-28-20)31-21(26)19(22(27)32)15-29-23(11-12-25)9-6-17(7-10-23)30-16-4-2-1-3-5-16/h1-5,8,13-15,17,29-30H,6-7,9-11H2,(H2,27,32)(H2,26,28,31)/b19-15+. The van der Waals surface area contributed by atoms with E-state index in [-0.39, 0.29) is 23.5 Å². The summed E-state index contributed by atoms with van der Waals surface area (Å²) >= 11 is 0. The lowest BCUT2D eigenvalue weighted by molar-refractivity contribution is -0.114. The highest BCUT2D eigenvalue weighted by atomic mass is 19.1. The Kier molecular flexibility index (Phi) is 7.39. The van der Waals surface area contributed by atoms with E-state index in [4.69, 9.17) is 11.5 Å². The van der Waals surface area contributed by atoms with Crippen LogP contribution in [0, 0.1) is 17.3 Å². The predicted octanol–water partition coefficient (Wildman–Crippen LogP) is 2.88. The first-order chi connectivity index (χ1) is 15.4. The number of amides is 1. The van der Waals surface area contributed by atoms with Gasteiger partial charge < -0.3 is 22.1 Å². The van der Waals surface area contributed by atoms with Crippen molar-refractivity contribution in [1.29, 1.82) is 5.26 Å². The molecule has 0 bridgehead atoms. The van der Waals surface area contributed by atoms with E-state index >= 15 is 0 Å². The summed E-state index contributed by atoms with van der Waals surface area (Å²) in [4.78, 5) is 19.5. The summed E-state index contributed by atoms with van der Waals surface area (Å²) < 4.78 is 13.3. The van der Waals surface area contributed by atoms with Gasteiger partial charge in [0.2, 0.25) is 5.95 Å². The molecule has 2 aromatic rings. The zero-order chi connectivity index (χ0) is 23.0. The Balaban J connectivity index is 1.72. The normalized spacial score (nSPS) is 21.4. The van der Waals surface area contributed by atoms with Crippen LogP contribution < -0.4 is 22.1 Å². The van der Waals surface area contributed by atoms with Gasteiger partial charge in [-0.2, -0.15) is 9.65 Å². The van der Waals surface area contributed by atoms with Gasteiger partial charge in [0.05, 0.1) is 23.8 Å². The van der Waals surface area contributed by atoms with E-state index < -0.39 is 17.4 Å². The molecule has 0 spiro atoms. The molecule has 1 fully saturated rings. The van der Waals surface area contributed by atoms with Crippen molar-refractivity contribution in [2.75, 3.05) is 5.32 Å². The number of anilines is 1. The Hall–Kier alpha value is -3.93. The first-order valence-electron chi connectivity index (χ1n) is 10.3. The van der Waals surface area contributed by atoms with Crippen molar-refractivity contribution >= 4 is 23.1 Å². The topological polar surface area (TPSA) is 142 Å². The molecule has 8 nitrogen and oxygen atoms in total. The van der Waals surface area contributed by atoms with Crippen LogP contribution in [0.5, 0.6) is 0 Å². The molecule has 9 heteroatoms. The van der Waals surface area contributed by atoms with Crippen molar-refractivity contribution in [1.82, 2.24) is 10.3 Å². The van der Waals surface area contributed by atoms with Gasteiger partial charge in [0, 0.05) is 35.7 Å². The maximum atomic E-state index is 13.3. The Morgan fingerprint density at radius 1 is 1.28 bits per heavy atom. The third-order valence-corrected chi connectivity index (χ3v) is 5.53. The summed E-state index contributed by atoms with van der Waals surface area (Å²) in [6.45, 7) is 0. The minimum absolute atomic E-state index is 0.0379. The number of primary amides is 1. The van der Waals surface area contributed by atoms with Gasteiger partial charge in [-0.05, 0) is 43.9 Å². The number of hydrogen-bond donors (Lipinski definition) is 4.